The summed E-state index contributed by atoms with van der Waals surface area (Å²) >= 11 is 5.09. The van der Waals surface area contributed by atoms with Crippen molar-refractivity contribution in [1.29, 1.82) is 0 Å². The third-order valence-corrected chi connectivity index (χ3v) is 4.43. The molecule has 0 fully saturated rings. The SMILES string of the molecule is COc1ccc(CSc2nnnn2C)c(Br)c1OC. The molecule has 0 atom stereocenters. The molecule has 8 heteroatoms. The van der Waals surface area contributed by atoms with Crippen molar-refractivity contribution < 1.29 is 9.47 Å². The minimum atomic E-state index is 0.691. The van der Waals surface area contributed by atoms with Gasteiger partial charge in [-0.05, 0) is 38.0 Å². The summed E-state index contributed by atoms with van der Waals surface area (Å²) in [6, 6.07) is 3.87. The summed E-state index contributed by atoms with van der Waals surface area (Å²) in [6.45, 7) is 0. The highest BCUT2D eigenvalue weighted by molar-refractivity contribution is 9.10. The summed E-state index contributed by atoms with van der Waals surface area (Å²) in [7, 11) is 5.04. The van der Waals surface area contributed by atoms with Crippen LogP contribution in [0.2, 0.25) is 0 Å². The van der Waals surface area contributed by atoms with Crippen LogP contribution in [0.1, 0.15) is 5.56 Å². The number of nitrogens with zero attached hydrogens (tertiary/aromatic N) is 4. The number of ether oxygens (including phenoxy) is 2. The Morgan fingerprint density at radius 2 is 2.11 bits per heavy atom. The van der Waals surface area contributed by atoms with Crippen molar-refractivity contribution in [3.63, 3.8) is 0 Å². The largest absolute Gasteiger partial charge is 0.493 e. The molecule has 0 saturated carbocycles. The average Bonchev–Trinajstić information content (AvgIpc) is 2.82. The van der Waals surface area contributed by atoms with Gasteiger partial charge in [-0.25, -0.2) is 4.68 Å². The third kappa shape index (κ3) is 3.01. The number of hydrogen-bond acceptors (Lipinski definition) is 6. The van der Waals surface area contributed by atoms with Gasteiger partial charge in [0.25, 0.3) is 0 Å². The molecule has 1 aromatic heterocycles. The van der Waals surface area contributed by atoms with Crippen LogP contribution < -0.4 is 9.47 Å². The number of rotatable bonds is 5. The van der Waals surface area contributed by atoms with Crippen LogP contribution in [0, 0.1) is 0 Å². The second kappa shape index (κ2) is 6.25. The van der Waals surface area contributed by atoms with Crippen LogP contribution in [0.4, 0.5) is 0 Å². The molecule has 2 aromatic rings. The molecule has 0 radical (unpaired) electrons. The smallest absolute Gasteiger partial charge is 0.209 e. The Morgan fingerprint density at radius 1 is 1.32 bits per heavy atom. The highest BCUT2D eigenvalue weighted by Crippen LogP contribution is 2.39. The van der Waals surface area contributed by atoms with Crippen LogP contribution in [-0.4, -0.2) is 34.4 Å². The maximum atomic E-state index is 5.34. The highest BCUT2D eigenvalue weighted by atomic mass is 79.9. The summed E-state index contributed by atoms with van der Waals surface area (Å²) < 4.78 is 13.1. The first-order chi connectivity index (χ1) is 9.17. The van der Waals surface area contributed by atoms with Crippen molar-refractivity contribution in [2.45, 2.75) is 10.9 Å². The Morgan fingerprint density at radius 3 is 2.68 bits per heavy atom. The maximum Gasteiger partial charge on any atom is 0.209 e. The van der Waals surface area contributed by atoms with Crippen molar-refractivity contribution in [1.82, 2.24) is 20.2 Å². The molecule has 1 aromatic carbocycles. The van der Waals surface area contributed by atoms with Crippen LogP contribution in [0.25, 0.3) is 0 Å². The summed E-state index contributed by atoms with van der Waals surface area (Å²) in [5, 5.41) is 12.1. The zero-order valence-corrected chi connectivity index (χ0v) is 13.2. The Kier molecular flexibility index (Phi) is 4.65. The van der Waals surface area contributed by atoms with E-state index in [0.717, 1.165) is 20.9 Å². The number of aryl methyl sites for hydroxylation is 1. The quantitative estimate of drug-likeness (QED) is 0.775. The van der Waals surface area contributed by atoms with Gasteiger partial charge in [0, 0.05) is 12.8 Å². The van der Waals surface area contributed by atoms with E-state index in [1.165, 1.54) is 0 Å². The molecule has 0 unspecified atom stereocenters. The Labute approximate surface area is 123 Å². The first kappa shape index (κ1) is 14.1. The maximum absolute atomic E-state index is 5.34. The minimum absolute atomic E-state index is 0.691. The molecule has 0 saturated heterocycles. The summed E-state index contributed by atoms with van der Waals surface area (Å²) in [5.41, 5.74) is 1.09. The number of halogens is 1. The molecule has 6 nitrogen and oxygen atoms in total. The molecule has 102 valence electrons. The van der Waals surface area contributed by atoms with Gasteiger partial charge in [-0.15, -0.1) is 5.10 Å². The molecule has 19 heavy (non-hydrogen) atoms. The predicted octanol–water partition coefficient (Wildman–Crippen LogP) is 2.28. The normalized spacial score (nSPS) is 10.5. The monoisotopic (exact) mass is 344 g/mol. The van der Waals surface area contributed by atoms with Crippen molar-refractivity contribution in [3.05, 3.63) is 22.2 Å². The van der Waals surface area contributed by atoms with Crippen molar-refractivity contribution >= 4 is 27.7 Å². The Bertz CT molecular complexity index is 576. The van der Waals surface area contributed by atoms with Crippen molar-refractivity contribution in [2.75, 3.05) is 14.2 Å². The average molecular weight is 345 g/mol. The fourth-order valence-corrected chi connectivity index (χ4v) is 3.19. The first-order valence-corrected chi connectivity index (χ1v) is 7.19. The molecular weight excluding hydrogens is 332 g/mol. The molecule has 1 heterocycles. The van der Waals surface area contributed by atoms with E-state index in [0.29, 0.717) is 11.5 Å². The van der Waals surface area contributed by atoms with Gasteiger partial charge in [0.15, 0.2) is 11.5 Å². The molecule has 0 amide bonds. The van der Waals surface area contributed by atoms with Crippen LogP contribution in [0.3, 0.4) is 0 Å². The zero-order chi connectivity index (χ0) is 13.8. The van der Waals surface area contributed by atoms with Gasteiger partial charge < -0.3 is 9.47 Å². The molecule has 0 aliphatic carbocycles. The van der Waals surface area contributed by atoms with E-state index in [1.807, 2.05) is 19.2 Å². The second-order valence-corrected chi connectivity index (χ2v) is 5.38. The van der Waals surface area contributed by atoms with Crippen LogP contribution in [0.5, 0.6) is 11.5 Å². The van der Waals surface area contributed by atoms with E-state index in [2.05, 4.69) is 31.5 Å². The van der Waals surface area contributed by atoms with Crippen molar-refractivity contribution in [3.8, 4) is 11.5 Å². The van der Waals surface area contributed by atoms with Gasteiger partial charge in [0.05, 0.1) is 18.7 Å². The number of hydrogen-bond donors (Lipinski definition) is 0. The van der Waals surface area contributed by atoms with Crippen LogP contribution in [-0.2, 0) is 12.8 Å². The minimum Gasteiger partial charge on any atom is -0.493 e. The first-order valence-electron chi connectivity index (χ1n) is 5.42. The third-order valence-electron chi connectivity index (χ3n) is 2.50. The summed E-state index contributed by atoms with van der Waals surface area (Å²) in [5.74, 6) is 2.12. The zero-order valence-electron chi connectivity index (χ0n) is 10.8. The molecule has 0 N–H and O–H groups in total. The molecule has 0 bridgehead atoms. The van der Waals surface area contributed by atoms with Crippen molar-refractivity contribution in [2.24, 2.45) is 7.05 Å². The fourth-order valence-electron chi connectivity index (χ4n) is 1.53. The molecule has 0 aliphatic heterocycles. The highest BCUT2D eigenvalue weighted by Gasteiger charge is 2.13. The lowest BCUT2D eigenvalue weighted by Gasteiger charge is -2.12. The van der Waals surface area contributed by atoms with E-state index in [-0.39, 0.29) is 0 Å². The van der Waals surface area contributed by atoms with E-state index >= 15 is 0 Å². The lowest BCUT2D eigenvalue weighted by atomic mass is 10.2. The number of tetrazole rings is 1. The topological polar surface area (TPSA) is 62.1 Å². The summed E-state index contributed by atoms with van der Waals surface area (Å²) in [4.78, 5) is 0. The number of thioether (sulfide) groups is 1. The van der Waals surface area contributed by atoms with E-state index in [9.17, 15) is 0 Å². The van der Waals surface area contributed by atoms with Gasteiger partial charge >= 0.3 is 0 Å². The van der Waals surface area contributed by atoms with Gasteiger partial charge in [-0.1, -0.05) is 17.8 Å². The lowest BCUT2D eigenvalue weighted by Crippen LogP contribution is -1.96. The van der Waals surface area contributed by atoms with Crippen LogP contribution in [0.15, 0.2) is 21.8 Å². The van der Waals surface area contributed by atoms with Gasteiger partial charge in [0.2, 0.25) is 5.16 Å². The summed E-state index contributed by atoms with van der Waals surface area (Å²) in [6.07, 6.45) is 0. The molecule has 2 rings (SSSR count). The van der Waals surface area contributed by atoms with Gasteiger partial charge in [-0.3, -0.25) is 0 Å². The number of methoxy groups -OCH3 is 2. The van der Waals surface area contributed by atoms with Crippen LogP contribution >= 0.6 is 27.7 Å². The second-order valence-electron chi connectivity index (χ2n) is 3.65. The molecular formula is C11H13BrN4O2S. The Balaban J connectivity index is 2.19. The van der Waals surface area contributed by atoms with E-state index in [1.54, 1.807) is 30.7 Å². The number of benzene rings is 1. The number of aromatic nitrogens is 4. The molecule has 0 aliphatic rings. The predicted molar refractivity (Wildman–Crippen MR) is 75.6 cm³/mol. The fraction of sp³-hybridized carbons (Fsp3) is 0.364. The lowest BCUT2D eigenvalue weighted by molar-refractivity contribution is 0.353. The van der Waals surface area contributed by atoms with Gasteiger partial charge in [0.1, 0.15) is 0 Å². The Hall–Kier alpha value is -1.28. The van der Waals surface area contributed by atoms with Gasteiger partial charge in [-0.2, -0.15) is 0 Å². The van der Waals surface area contributed by atoms with E-state index < -0.39 is 0 Å². The standard InChI is InChI=1S/C11H13BrN4O2S/c1-16-11(13-14-15-16)19-6-7-4-5-8(17-2)10(18-3)9(7)12/h4-5H,6H2,1-3H3. The molecule has 0 spiro atoms. The van der Waals surface area contributed by atoms with E-state index in [4.69, 9.17) is 9.47 Å².